The van der Waals surface area contributed by atoms with Crippen molar-refractivity contribution in [3.63, 3.8) is 0 Å². The Bertz CT molecular complexity index is 781. The second kappa shape index (κ2) is 6.93. The van der Waals surface area contributed by atoms with E-state index in [0.29, 0.717) is 0 Å². The Labute approximate surface area is 130 Å². The van der Waals surface area contributed by atoms with Gasteiger partial charge in [0.05, 0.1) is 11.6 Å². The highest BCUT2D eigenvalue weighted by Crippen LogP contribution is 2.17. The van der Waals surface area contributed by atoms with Gasteiger partial charge in [-0.3, -0.25) is 0 Å². The largest absolute Gasteiger partial charge is 0.347 e. The Morgan fingerprint density at radius 1 is 1.05 bits per heavy atom. The molecule has 0 aliphatic heterocycles. The molecule has 0 spiro atoms. The minimum atomic E-state index is 0.717. The molecule has 0 fully saturated rings. The SMILES string of the molecule is N#Cc1ccc2ccn(CCCNCc3ccccc3)c2c1. The van der Waals surface area contributed by atoms with Gasteiger partial charge in [-0.05, 0) is 42.1 Å². The predicted octanol–water partition coefficient (Wildman–Crippen LogP) is 3.69. The summed E-state index contributed by atoms with van der Waals surface area (Å²) < 4.78 is 2.22. The van der Waals surface area contributed by atoms with E-state index in [1.165, 1.54) is 10.9 Å². The van der Waals surface area contributed by atoms with Crippen LogP contribution in [0.5, 0.6) is 0 Å². The first-order chi connectivity index (χ1) is 10.9. The van der Waals surface area contributed by atoms with Gasteiger partial charge in [0.2, 0.25) is 0 Å². The standard InChI is InChI=1S/C19H19N3/c20-14-17-7-8-18-9-12-22(19(18)13-17)11-4-10-21-15-16-5-2-1-3-6-16/h1-3,5-9,12-13,21H,4,10-11,15H2. The lowest BCUT2D eigenvalue weighted by molar-refractivity contribution is 0.591. The van der Waals surface area contributed by atoms with Gasteiger partial charge in [-0.15, -0.1) is 0 Å². The molecule has 1 aromatic heterocycles. The highest BCUT2D eigenvalue weighted by atomic mass is 15.0. The van der Waals surface area contributed by atoms with Crippen LogP contribution in [0.3, 0.4) is 0 Å². The summed E-state index contributed by atoms with van der Waals surface area (Å²) in [5.74, 6) is 0. The molecule has 0 atom stereocenters. The van der Waals surface area contributed by atoms with Crippen molar-refractivity contribution in [2.75, 3.05) is 6.54 Å². The van der Waals surface area contributed by atoms with Crippen LogP contribution in [0.1, 0.15) is 17.5 Å². The molecular weight excluding hydrogens is 270 g/mol. The second-order valence-corrected chi connectivity index (χ2v) is 5.41. The number of fused-ring (bicyclic) bond motifs is 1. The lowest BCUT2D eigenvalue weighted by Crippen LogP contribution is -2.16. The van der Waals surface area contributed by atoms with Crippen LogP contribution in [0, 0.1) is 11.3 Å². The van der Waals surface area contributed by atoms with Gasteiger partial charge in [0, 0.05) is 24.8 Å². The highest BCUT2D eigenvalue weighted by molar-refractivity contribution is 5.81. The minimum Gasteiger partial charge on any atom is -0.347 e. The van der Waals surface area contributed by atoms with Crippen LogP contribution in [0.2, 0.25) is 0 Å². The summed E-state index contributed by atoms with van der Waals surface area (Å²) in [4.78, 5) is 0. The molecule has 0 aliphatic carbocycles. The maximum Gasteiger partial charge on any atom is 0.0992 e. The number of nitrogens with zero attached hydrogens (tertiary/aromatic N) is 2. The maximum atomic E-state index is 9.01. The first kappa shape index (κ1) is 14.4. The van der Waals surface area contributed by atoms with Crippen LogP contribution in [-0.2, 0) is 13.1 Å². The van der Waals surface area contributed by atoms with Crippen molar-refractivity contribution in [3.8, 4) is 6.07 Å². The van der Waals surface area contributed by atoms with Crippen LogP contribution < -0.4 is 5.32 Å². The Morgan fingerprint density at radius 3 is 2.73 bits per heavy atom. The Morgan fingerprint density at radius 2 is 1.91 bits per heavy atom. The van der Waals surface area contributed by atoms with Gasteiger partial charge in [0.1, 0.15) is 0 Å². The molecule has 0 bridgehead atoms. The molecule has 0 saturated heterocycles. The Balaban J connectivity index is 1.53. The summed E-state index contributed by atoms with van der Waals surface area (Å²) in [5.41, 5.74) is 3.17. The number of benzene rings is 2. The second-order valence-electron chi connectivity index (χ2n) is 5.41. The van der Waals surface area contributed by atoms with E-state index in [0.717, 1.165) is 37.1 Å². The van der Waals surface area contributed by atoms with Gasteiger partial charge in [-0.2, -0.15) is 5.26 Å². The highest BCUT2D eigenvalue weighted by Gasteiger charge is 2.02. The van der Waals surface area contributed by atoms with Gasteiger partial charge >= 0.3 is 0 Å². The summed E-state index contributed by atoms with van der Waals surface area (Å²) in [6, 6.07) is 20.6. The number of hydrogen-bond acceptors (Lipinski definition) is 2. The molecule has 1 heterocycles. The van der Waals surface area contributed by atoms with E-state index < -0.39 is 0 Å². The van der Waals surface area contributed by atoms with Crippen molar-refractivity contribution in [1.29, 1.82) is 5.26 Å². The molecule has 110 valence electrons. The molecular formula is C19H19N3. The lowest BCUT2D eigenvalue weighted by atomic mass is 10.2. The van der Waals surface area contributed by atoms with Crippen molar-refractivity contribution in [3.05, 3.63) is 71.9 Å². The summed E-state index contributed by atoms with van der Waals surface area (Å²) in [5, 5.41) is 13.7. The number of aromatic nitrogens is 1. The maximum absolute atomic E-state index is 9.01. The molecule has 3 nitrogen and oxygen atoms in total. The molecule has 0 saturated carbocycles. The average Bonchev–Trinajstić information content (AvgIpc) is 2.98. The molecule has 3 aromatic rings. The van der Waals surface area contributed by atoms with Crippen molar-refractivity contribution in [2.24, 2.45) is 0 Å². The first-order valence-corrected chi connectivity index (χ1v) is 7.60. The zero-order valence-corrected chi connectivity index (χ0v) is 12.5. The van der Waals surface area contributed by atoms with Gasteiger partial charge in [-0.1, -0.05) is 36.4 Å². The molecule has 0 radical (unpaired) electrons. The van der Waals surface area contributed by atoms with Crippen molar-refractivity contribution >= 4 is 10.9 Å². The normalized spacial score (nSPS) is 10.7. The monoisotopic (exact) mass is 289 g/mol. The number of aryl methyl sites for hydroxylation is 1. The van der Waals surface area contributed by atoms with Crippen LogP contribution >= 0.6 is 0 Å². The third kappa shape index (κ3) is 3.36. The van der Waals surface area contributed by atoms with Crippen molar-refractivity contribution in [1.82, 2.24) is 9.88 Å². The number of nitriles is 1. The Kier molecular flexibility index (Phi) is 4.53. The van der Waals surface area contributed by atoms with Crippen LogP contribution in [0.15, 0.2) is 60.8 Å². The fourth-order valence-electron chi connectivity index (χ4n) is 2.65. The number of rotatable bonds is 6. The van der Waals surface area contributed by atoms with Gasteiger partial charge in [-0.25, -0.2) is 0 Å². The van der Waals surface area contributed by atoms with E-state index in [-0.39, 0.29) is 0 Å². The third-order valence-electron chi connectivity index (χ3n) is 3.83. The number of hydrogen-bond donors (Lipinski definition) is 1. The minimum absolute atomic E-state index is 0.717. The van der Waals surface area contributed by atoms with Gasteiger partial charge < -0.3 is 9.88 Å². The molecule has 2 aromatic carbocycles. The molecule has 0 amide bonds. The fourth-order valence-corrected chi connectivity index (χ4v) is 2.65. The Hall–Kier alpha value is -2.57. The van der Waals surface area contributed by atoms with Crippen LogP contribution in [0.4, 0.5) is 0 Å². The zero-order valence-electron chi connectivity index (χ0n) is 12.5. The van der Waals surface area contributed by atoms with E-state index in [2.05, 4.69) is 52.5 Å². The van der Waals surface area contributed by atoms with Crippen LogP contribution in [0.25, 0.3) is 10.9 Å². The van der Waals surface area contributed by atoms with E-state index in [1.54, 1.807) is 0 Å². The predicted molar refractivity (Wildman–Crippen MR) is 89.4 cm³/mol. The summed E-state index contributed by atoms with van der Waals surface area (Å²) in [6.07, 6.45) is 3.16. The molecule has 0 unspecified atom stereocenters. The average molecular weight is 289 g/mol. The van der Waals surface area contributed by atoms with Crippen LogP contribution in [-0.4, -0.2) is 11.1 Å². The molecule has 22 heavy (non-hydrogen) atoms. The van der Waals surface area contributed by atoms with Crippen molar-refractivity contribution in [2.45, 2.75) is 19.5 Å². The molecule has 1 N–H and O–H groups in total. The van der Waals surface area contributed by atoms with E-state index in [4.69, 9.17) is 5.26 Å². The van der Waals surface area contributed by atoms with Gasteiger partial charge in [0.25, 0.3) is 0 Å². The molecule has 3 heteroatoms. The van der Waals surface area contributed by atoms with E-state index in [9.17, 15) is 0 Å². The topological polar surface area (TPSA) is 40.8 Å². The molecule has 0 aliphatic rings. The van der Waals surface area contributed by atoms with E-state index in [1.807, 2.05) is 24.3 Å². The van der Waals surface area contributed by atoms with E-state index >= 15 is 0 Å². The van der Waals surface area contributed by atoms with Crippen molar-refractivity contribution < 1.29 is 0 Å². The summed E-state index contributed by atoms with van der Waals surface area (Å²) >= 11 is 0. The van der Waals surface area contributed by atoms with Gasteiger partial charge in [0.15, 0.2) is 0 Å². The zero-order chi connectivity index (χ0) is 15.2. The summed E-state index contributed by atoms with van der Waals surface area (Å²) in [7, 11) is 0. The summed E-state index contributed by atoms with van der Waals surface area (Å²) in [6.45, 7) is 2.85. The smallest absolute Gasteiger partial charge is 0.0992 e. The number of nitrogens with one attached hydrogen (secondary N) is 1. The molecule has 3 rings (SSSR count). The lowest BCUT2D eigenvalue weighted by Gasteiger charge is -2.07. The fraction of sp³-hybridized carbons (Fsp3) is 0.211. The first-order valence-electron chi connectivity index (χ1n) is 7.60. The quantitative estimate of drug-likeness (QED) is 0.703. The third-order valence-corrected chi connectivity index (χ3v) is 3.83.